The molecule has 0 aromatic heterocycles. The number of amides is 1. The maximum atomic E-state index is 10.6. The lowest BCUT2D eigenvalue weighted by atomic mass is 9.85. The van der Waals surface area contributed by atoms with E-state index in [9.17, 15) is 9.90 Å². The zero-order valence-corrected chi connectivity index (χ0v) is 8.96. The highest BCUT2D eigenvalue weighted by molar-refractivity contribution is 5.72. The number of carbonyl (C=O) groups excluding carboxylic acids is 1. The molecule has 3 heteroatoms. The molecule has 0 saturated heterocycles. The highest BCUT2D eigenvalue weighted by Crippen LogP contribution is 2.27. The quantitative estimate of drug-likeness (QED) is 0.673. The molecule has 0 aromatic carbocycles. The molecule has 82 valence electrons. The molecule has 0 aliphatic heterocycles. The van der Waals surface area contributed by atoms with Gasteiger partial charge in [-0.1, -0.05) is 0 Å². The van der Waals surface area contributed by atoms with Crippen molar-refractivity contribution >= 4 is 5.91 Å². The van der Waals surface area contributed by atoms with Crippen molar-refractivity contribution in [3.05, 3.63) is 0 Å². The lowest BCUT2D eigenvalue weighted by molar-refractivity contribution is -0.118. The van der Waals surface area contributed by atoms with Crippen LogP contribution >= 0.6 is 0 Å². The average Bonchev–Trinajstić information content (AvgIpc) is 2.15. The molecule has 14 heavy (non-hydrogen) atoms. The van der Waals surface area contributed by atoms with Crippen molar-refractivity contribution < 1.29 is 9.90 Å². The van der Waals surface area contributed by atoms with Gasteiger partial charge in [0.2, 0.25) is 5.91 Å². The summed E-state index contributed by atoms with van der Waals surface area (Å²) in [6, 6.07) is 0. The smallest absolute Gasteiger partial charge is 0.216 e. The van der Waals surface area contributed by atoms with E-state index in [0.29, 0.717) is 0 Å². The molecule has 1 rings (SSSR count). The molecule has 1 fully saturated rings. The monoisotopic (exact) mass is 199 g/mol. The SMILES string of the molecule is CC(=O)NCCCC1CCC(O)CC1. The Morgan fingerprint density at radius 3 is 2.57 bits per heavy atom. The number of aliphatic hydroxyl groups is 1. The fourth-order valence-electron chi connectivity index (χ4n) is 2.09. The Morgan fingerprint density at radius 2 is 2.00 bits per heavy atom. The molecule has 0 atom stereocenters. The third-order valence-electron chi connectivity index (χ3n) is 2.98. The van der Waals surface area contributed by atoms with Crippen LogP contribution < -0.4 is 5.32 Å². The van der Waals surface area contributed by atoms with Gasteiger partial charge in [-0.25, -0.2) is 0 Å². The maximum absolute atomic E-state index is 10.6. The second-order valence-corrected chi connectivity index (χ2v) is 4.30. The van der Waals surface area contributed by atoms with E-state index in [4.69, 9.17) is 0 Å². The van der Waals surface area contributed by atoms with E-state index in [2.05, 4.69) is 5.32 Å². The minimum Gasteiger partial charge on any atom is -0.393 e. The molecule has 0 bridgehead atoms. The summed E-state index contributed by atoms with van der Waals surface area (Å²) >= 11 is 0. The zero-order chi connectivity index (χ0) is 10.4. The Labute approximate surface area is 85.9 Å². The molecular weight excluding hydrogens is 178 g/mol. The largest absolute Gasteiger partial charge is 0.393 e. The summed E-state index contributed by atoms with van der Waals surface area (Å²) in [4.78, 5) is 10.6. The van der Waals surface area contributed by atoms with Gasteiger partial charge in [0.05, 0.1) is 6.10 Å². The zero-order valence-electron chi connectivity index (χ0n) is 8.96. The van der Waals surface area contributed by atoms with Crippen molar-refractivity contribution in [3.63, 3.8) is 0 Å². The maximum Gasteiger partial charge on any atom is 0.216 e. The predicted molar refractivity (Wildman–Crippen MR) is 55.9 cm³/mol. The van der Waals surface area contributed by atoms with Gasteiger partial charge in [-0.3, -0.25) is 4.79 Å². The van der Waals surface area contributed by atoms with Crippen LogP contribution in [0.2, 0.25) is 0 Å². The molecule has 1 aliphatic carbocycles. The Balaban J connectivity index is 1.99. The summed E-state index contributed by atoms with van der Waals surface area (Å²) < 4.78 is 0. The summed E-state index contributed by atoms with van der Waals surface area (Å²) in [5.74, 6) is 0.830. The molecule has 1 aliphatic rings. The van der Waals surface area contributed by atoms with Crippen LogP contribution in [0.25, 0.3) is 0 Å². The summed E-state index contributed by atoms with van der Waals surface area (Å²) in [6.45, 7) is 2.35. The van der Waals surface area contributed by atoms with Crippen LogP contribution in [-0.4, -0.2) is 23.7 Å². The van der Waals surface area contributed by atoms with Crippen molar-refractivity contribution in [2.75, 3.05) is 6.54 Å². The number of hydrogen-bond donors (Lipinski definition) is 2. The van der Waals surface area contributed by atoms with E-state index in [1.165, 1.54) is 6.42 Å². The van der Waals surface area contributed by atoms with Gasteiger partial charge in [0.1, 0.15) is 0 Å². The highest BCUT2D eigenvalue weighted by atomic mass is 16.3. The Bertz CT molecular complexity index is 174. The van der Waals surface area contributed by atoms with Gasteiger partial charge in [0, 0.05) is 13.5 Å². The van der Waals surface area contributed by atoms with E-state index in [0.717, 1.165) is 44.6 Å². The van der Waals surface area contributed by atoms with Crippen molar-refractivity contribution in [2.45, 2.75) is 51.6 Å². The van der Waals surface area contributed by atoms with E-state index < -0.39 is 0 Å². The van der Waals surface area contributed by atoms with Crippen LogP contribution in [0.3, 0.4) is 0 Å². The molecule has 1 amide bonds. The topological polar surface area (TPSA) is 49.3 Å². The lowest BCUT2D eigenvalue weighted by Gasteiger charge is -2.25. The van der Waals surface area contributed by atoms with Gasteiger partial charge in [-0.15, -0.1) is 0 Å². The molecule has 0 aromatic rings. The minimum atomic E-state index is -0.0541. The third-order valence-corrected chi connectivity index (χ3v) is 2.98. The van der Waals surface area contributed by atoms with Gasteiger partial charge in [-0.05, 0) is 44.4 Å². The number of hydrogen-bond acceptors (Lipinski definition) is 2. The molecule has 3 nitrogen and oxygen atoms in total. The van der Waals surface area contributed by atoms with Crippen LogP contribution in [-0.2, 0) is 4.79 Å². The fraction of sp³-hybridized carbons (Fsp3) is 0.909. The molecule has 2 N–H and O–H groups in total. The third kappa shape index (κ3) is 4.61. The van der Waals surface area contributed by atoms with Crippen molar-refractivity contribution in [3.8, 4) is 0 Å². The average molecular weight is 199 g/mol. The fourth-order valence-corrected chi connectivity index (χ4v) is 2.09. The molecular formula is C11H21NO2. The van der Waals surface area contributed by atoms with Crippen LogP contribution in [0.1, 0.15) is 45.4 Å². The Hall–Kier alpha value is -0.570. The molecule has 0 unspecified atom stereocenters. The first kappa shape index (κ1) is 11.5. The first-order valence-corrected chi connectivity index (χ1v) is 5.61. The second-order valence-electron chi connectivity index (χ2n) is 4.30. The summed E-state index contributed by atoms with van der Waals surface area (Å²) in [5, 5.41) is 12.1. The van der Waals surface area contributed by atoms with Gasteiger partial charge < -0.3 is 10.4 Å². The number of aliphatic hydroxyl groups excluding tert-OH is 1. The Morgan fingerprint density at radius 1 is 1.36 bits per heavy atom. The standard InChI is InChI=1S/C11H21NO2/c1-9(13)12-8-2-3-10-4-6-11(14)7-5-10/h10-11,14H,2-8H2,1H3,(H,12,13). The predicted octanol–water partition coefficient (Wildman–Crippen LogP) is 1.45. The van der Waals surface area contributed by atoms with E-state index in [1.54, 1.807) is 6.92 Å². The van der Waals surface area contributed by atoms with E-state index in [-0.39, 0.29) is 12.0 Å². The van der Waals surface area contributed by atoms with Crippen molar-refractivity contribution in [2.24, 2.45) is 5.92 Å². The van der Waals surface area contributed by atoms with Crippen LogP contribution in [0.15, 0.2) is 0 Å². The molecule has 0 radical (unpaired) electrons. The minimum absolute atomic E-state index is 0.0541. The summed E-state index contributed by atoms with van der Waals surface area (Å²) in [7, 11) is 0. The highest BCUT2D eigenvalue weighted by Gasteiger charge is 2.18. The molecule has 0 spiro atoms. The van der Waals surface area contributed by atoms with E-state index in [1.807, 2.05) is 0 Å². The normalized spacial score (nSPS) is 27.3. The first-order valence-electron chi connectivity index (χ1n) is 5.61. The van der Waals surface area contributed by atoms with Gasteiger partial charge >= 0.3 is 0 Å². The first-order chi connectivity index (χ1) is 6.68. The van der Waals surface area contributed by atoms with Gasteiger partial charge in [0.15, 0.2) is 0 Å². The van der Waals surface area contributed by atoms with Crippen molar-refractivity contribution in [1.82, 2.24) is 5.32 Å². The van der Waals surface area contributed by atoms with Crippen LogP contribution in [0.5, 0.6) is 0 Å². The molecule has 1 saturated carbocycles. The van der Waals surface area contributed by atoms with Crippen LogP contribution in [0.4, 0.5) is 0 Å². The van der Waals surface area contributed by atoms with Gasteiger partial charge in [-0.2, -0.15) is 0 Å². The van der Waals surface area contributed by atoms with Crippen molar-refractivity contribution in [1.29, 1.82) is 0 Å². The summed E-state index contributed by atoms with van der Waals surface area (Å²) in [5.41, 5.74) is 0. The Kier molecular flexibility index (Phi) is 4.94. The van der Waals surface area contributed by atoms with Crippen LogP contribution in [0, 0.1) is 5.92 Å². The number of rotatable bonds is 4. The van der Waals surface area contributed by atoms with E-state index >= 15 is 0 Å². The lowest BCUT2D eigenvalue weighted by Crippen LogP contribution is -2.23. The van der Waals surface area contributed by atoms with Gasteiger partial charge in [0.25, 0.3) is 0 Å². The number of carbonyl (C=O) groups is 1. The summed E-state index contributed by atoms with van der Waals surface area (Å²) in [6.07, 6.45) is 6.44. The molecule has 0 heterocycles. The second kappa shape index (κ2) is 6.02. The number of nitrogens with one attached hydrogen (secondary N) is 1.